The summed E-state index contributed by atoms with van der Waals surface area (Å²) in [6.45, 7) is 1.99. The van der Waals surface area contributed by atoms with Crippen LogP contribution >= 0.6 is 48.9 Å². The molecule has 0 aliphatic carbocycles. The van der Waals surface area contributed by atoms with Crippen molar-refractivity contribution in [2.45, 2.75) is 32.6 Å². The average molecular weight is 430 g/mol. The summed E-state index contributed by atoms with van der Waals surface area (Å²) in [5.41, 5.74) is 5.06. The van der Waals surface area contributed by atoms with Crippen molar-refractivity contribution in [2.24, 2.45) is 0 Å². The summed E-state index contributed by atoms with van der Waals surface area (Å²) in [7, 11) is 1.78. The Morgan fingerprint density at radius 1 is 0.741 bits per heavy atom. The van der Waals surface area contributed by atoms with E-state index in [1.807, 2.05) is 6.92 Å². The molecule has 0 aromatic heterocycles. The Bertz CT molecular complexity index is 836. The maximum atomic E-state index is 5.48. The minimum absolute atomic E-state index is 0.583. The topological polar surface area (TPSA) is 12.0 Å². The molecule has 5 heteroatoms. The first-order valence-corrected chi connectivity index (χ1v) is 10.4. The SMILES string of the molecule is CNC(=S)C(=S)CC(=S)Cc1ccc(Cc2ccc(CC(C)=S)cc2)cc1. The van der Waals surface area contributed by atoms with Gasteiger partial charge in [0.2, 0.25) is 0 Å². The van der Waals surface area contributed by atoms with Gasteiger partial charge in [-0.25, -0.2) is 0 Å². The van der Waals surface area contributed by atoms with Crippen LogP contribution in [0.25, 0.3) is 0 Å². The fourth-order valence-electron chi connectivity index (χ4n) is 2.76. The molecule has 2 aromatic carbocycles. The Morgan fingerprint density at radius 3 is 1.63 bits per heavy atom. The molecule has 0 unspecified atom stereocenters. The van der Waals surface area contributed by atoms with Crippen molar-refractivity contribution < 1.29 is 0 Å². The van der Waals surface area contributed by atoms with Gasteiger partial charge in [0.25, 0.3) is 0 Å². The molecular weight excluding hydrogens is 407 g/mol. The lowest BCUT2D eigenvalue weighted by Gasteiger charge is -2.08. The molecule has 0 saturated carbocycles. The summed E-state index contributed by atoms with van der Waals surface area (Å²) in [6.07, 6.45) is 3.11. The molecule has 0 fully saturated rings. The monoisotopic (exact) mass is 429 g/mol. The first kappa shape index (κ1) is 21.9. The van der Waals surface area contributed by atoms with Crippen LogP contribution in [0.1, 0.15) is 35.6 Å². The predicted molar refractivity (Wildman–Crippen MR) is 133 cm³/mol. The predicted octanol–water partition coefficient (Wildman–Crippen LogP) is 5.43. The van der Waals surface area contributed by atoms with E-state index in [0.717, 1.165) is 29.0 Å². The second kappa shape index (κ2) is 10.8. The normalized spacial score (nSPS) is 10.3. The zero-order valence-corrected chi connectivity index (χ0v) is 18.8. The first-order chi connectivity index (χ1) is 12.9. The largest absolute Gasteiger partial charge is 0.378 e. The fourth-order valence-corrected chi connectivity index (χ4v) is 3.68. The van der Waals surface area contributed by atoms with Gasteiger partial charge in [0.05, 0.1) is 4.86 Å². The molecule has 0 aliphatic heterocycles. The quantitative estimate of drug-likeness (QED) is 0.532. The van der Waals surface area contributed by atoms with Crippen molar-refractivity contribution in [1.29, 1.82) is 0 Å². The standard InChI is InChI=1S/C22H23NS4/c1-15(24)11-16-3-5-17(6-4-16)12-18-7-9-19(10-8-18)13-20(25)14-21(26)22(27)23-2/h3-10H,11-14H2,1-2H3,(H,23,27). The highest BCUT2D eigenvalue weighted by Gasteiger charge is 2.07. The second-order valence-corrected chi connectivity index (χ2v) is 8.76. The number of thiocarbonyl (C=S) groups is 4. The minimum Gasteiger partial charge on any atom is -0.378 e. The van der Waals surface area contributed by atoms with E-state index < -0.39 is 0 Å². The summed E-state index contributed by atoms with van der Waals surface area (Å²) in [5, 5.41) is 2.90. The molecule has 0 amide bonds. The number of rotatable bonds is 9. The van der Waals surface area contributed by atoms with Crippen LogP contribution in [0, 0.1) is 0 Å². The van der Waals surface area contributed by atoms with Gasteiger partial charge in [-0.1, -0.05) is 97.4 Å². The van der Waals surface area contributed by atoms with Crippen LogP contribution < -0.4 is 5.32 Å². The Morgan fingerprint density at radius 2 is 1.19 bits per heavy atom. The zero-order chi connectivity index (χ0) is 19.8. The summed E-state index contributed by atoms with van der Waals surface area (Å²) in [4.78, 5) is 3.25. The van der Waals surface area contributed by atoms with Crippen LogP contribution in [0.2, 0.25) is 0 Å². The van der Waals surface area contributed by atoms with Gasteiger partial charge in [0.1, 0.15) is 4.99 Å². The third-order valence-electron chi connectivity index (χ3n) is 4.15. The first-order valence-electron chi connectivity index (χ1n) is 8.79. The summed E-state index contributed by atoms with van der Waals surface area (Å²) >= 11 is 21.1. The summed E-state index contributed by atoms with van der Waals surface area (Å²) < 4.78 is 0. The van der Waals surface area contributed by atoms with Crippen molar-refractivity contribution in [3.8, 4) is 0 Å². The third-order valence-corrected chi connectivity index (χ3v) is 5.51. The molecule has 0 atom stereocenters. The highest BCUT2D eigenvalue weighted by Crippen LogP contribution is 2.14. The molecule has 0 bridgehead atoms. The summed E-state index contributed by atoms with van der Waals surface area (Å²) in [5.74, 6) is 0. The van der Waals surface area contributed by atoms with E-state index >= 15 is 0 Å². The highest BCUT2D eigenvalue weighted by atomic mass is 32.1. The van der Waals surface area contributed by atoms with Crippen LogP contribution in [0.4, 0.5) is 0 Å². The van der Waals surface area contributed by atoms with Gasteiger partial charge < -0.3 is 5.32 Å². The van der Waals surface area contributed by atoms with Gasteiger partial charge in [-0.05, 0) is 40.5 Å². The Balaban J connectivity index is 1.91. The second-order valence-electron chi connectivity index (χ2n) is 6.58. The number of benzene rings is 2. The molecule has 140 valence electrons. The van der Waals surface area contributed by atoms with Gasteiger partial charge in [-0.15, -0.1) is 0 Å². The van der Waals surface area contributed by atoms with Crippen LogP contribution in [0.5, 0.6) is 0 Å². The van der Waals surface area contributed by atoms with Crippen LogP contribution in [-0.2, 0) is 19.3 Å². The molecule has 0 heterocycles. The molecule has 27 heavy (non-hydrogen) atoms. The van der Waals surface area contributed by atoms with E-state index in [9.17, 15) is 0 Å². The molecule has 1 N–H and O–H groups in total. The van der Waals surface area contributed by atoms with E-state index in [1.54, 1.807) is 7.05 Å². The number of hydrogen-bond donors (Lipinski definition) is 1. The van der Waals surface area contributed by atoms with E-state index in [2.05, 4.69) is 53.8 Å². The number of nitrogens with one attached hydrogen (secondary N) is 1. The van der Waals surface area contributed by atoms with Gasteiger partial charge in [0.15, 0.2) is 0 Å². The number of hydrogen-bond acceptors (Lipinski definition) is 4. The van der Waals surface area contributed by atoms with Crippen molar-refractivity contribution in [3.05, 3.63) is 70.8 Å². The van der Waals surface area contributed by atoms with Crippen LogP contribution in [0.15, 0.2) is 48.5 Å². The van der Waals surface area contributed by atoms with Gasteiger partial charge in [-0.2, -0.15) is 0 Å². The molecule has 2 aromatic rings. The lowest BCUT2D eigenvalue weighted by Crippen LogP contribution is -2.25. The van der Waals surface area contributed by atoms with E-state index in [-0.39, 0.29) is 0 Å². The van der Waals surface area contributed by atoms with Crippen LogP contribution in [-0.4, -0.2) is 26.6 Å². The molecule has 0 spiro atoms. The van der Waals surface area contributed by atoms with E-state index in [4.69, 9.17) is 48.9 Å². The highest BCUT2D eigenvalue weighted by molar-refractivity contribution is 7.89. The molecule has 2 rings (SSSR count). The summed E-state index contributed by atoms with van der Waals surface area (Å²) in [6, 6.07) is 17.3. The Labute approximate surface area is 183 Å². The van der Waals surface area contributed by atoms with Crippen molar-refractivity contribution in [3.63, 3.8) is 0 Å². The fraction of sp³-hybridized carbons (Fsp3) is 0.273. The smallest absolute Gasteiger partial charge is 0.113 e. The third kappa shape index (κ3) is 7.62. The molecule has 1 nitrogen and oxygen atoms in total. The van der Waals surface area contributed by atoms with Crippen molar-refractivity contribution in [1.82, 2.24) is 5.32 Å². The molecular formula is C22H23NS4. The van der Waals surface area contributed by atoms with Gasteiger partial charge >= 0.3 is 0 Å². The molecule has 0 aliphatic rings. The molecule has 0 radical (unpaired) electrons. The van der Waals surface area contributed by atoms with Crippen LogP contribution in [0.3, 0.4) is 0 Å². The average Bonchev–Trinajstić information content (AvgIpc) is 2.63. The van der Waals surface area contributed by atoms with Gasteiger partial charge in [-0.3, -0.25) is 0 Å². The van der Waals surface area contributed by atoms with Gasteiger partial charge in [0, 0.05) is 31.2 Å². The maximum absolute atomic E-state index is 5.48. The van der Waals surface area contributed by atoms with Crippen molar-refractivity contribution in [2.75, 3.05) is 7.05 Å². The lowest BCUT2D eigenvalue weighted by atomic mass is 10.00. The van der Waals surface area contributed by atoms with E-state index in [0.29, 0.717) is 16.3 Å². The lowest BCUT2D eigenvalue weighted by molar-refractivity contribution is 1.17. The van der Waals surface area contributed by atoms with E-state index in [1.165, 1.54) is 22.3 Å². The zero-order valence-electron chi connectivity index (χ0n) is 15.6. The Kier molecular flexibility index (Phi) is 8.77. The maximum Gasteiger partial charge on any atom is 0.113 e. The Hall–Kier alpha value is -1.40. The minimum atomic E-state index is 0.583. The molecule has 0 saturated heterocycles. The van der Waals surface area contributed by atoms with Crippen molar-refractivity contribution >= 4 is 68.5 Å².